The van der Waals surface area contributed by atoms with Crippen molar-refractivity contribution in [1.82, 2.24) is 10.2 Å². The van der Waals surface area contributed by atoms with Gasteiger partial charge in [0.1, 0.15) is 5.75 Å². The summed E-state index contributed by atoms with van der Waals surface area (Å²) < 4.78 is 10.7. The molecule has 4 nitrogen and oxygen atoms in total. The van der Waals surface area contributed by atoms with Crippen LogP contribution in [0.25, 0.3) is 0 Å². The first-order valence-electron chi connectivity index (χ1n) is 5.79. The highest BCUT2D eigenvalue weighted by molar-refractivity contribution is 7.99. The van der Waals surface area contributed by atoms with Crippen molar-refractivity contribution in [2.24, 2.45) is 0 Å². The summed E-state index contributed by atoms with van der Waals surface area (Å²) in [5, 5.41) is 8.55. The quantitative estimate of drug-likeness (QED) is 0.620. The second-order valence-electron chi connectivity index (χ2n) is 3.71. The summed E-state index contributed by atoms with van der Waals surface area (Å²) >= 11 is 1.45. The highest BCUT2D eigenvalue weighted by Crippen LogP contribution is 2.19. The Kier molecular flexibility index (Phi) is 4.87. The van der Waals surface area contributed by atoms with Gasteiger partial charge in [-0.1, -0.05) is 29.8 Å². The Balaban J connectivity index is 2.00. The fourth-order valence-corrected chi connectivity index (χ4v) is 2.09. The molecule has 5 heteroatoms. The van der Waals surface area contributed by atoms with Gasteiger partial charge in [-0.2, -0.15) is 0 Å². The molecule has 0 bridgehead atoms. The summed E-state index contributed by atoms with van der Waals surface area (Å²) in [7, 11) is 1.65. The molecule has 0 spiro atoms. The van der Waals surface area contributed by atoms with Crippen LogP contribution in [-0.4, -0.2) is 23.1 Å². The van der Waals surface area contributed by atoms with E-state index in [1.165, 1.54) is 11.8 Å². The van der Waals surface area contributed by atoms with Crippen molar-refractivity contribution in [1.29, 1.82) is 0 Å². The molecule has 0 unspecified atom stereocenters. The zero-order valence-corrected chi connectivity index (χ0v) is 11.7. The van der Waals surface area contributed by atoms with Gasteiger partial charge in [-0.25, -0.2) is 0 Å². The van der Waals surface area contributed by atoms with E-state index in [9.17, 15) is 0 Å². The lowest BCUT2D eigenvalue weighted by atomic mass is 10.1. The Hall–Kier alpha value is -1.93. The van der Waals surface area contributed by atoms with Crippen LogP contribution in [0.3, 0.4) is 0 Å². The fraction of sp³-hybridized carbons (Fsp3) is 0.286. The van der Waals surface area contributed by atoms with E-state index in [4.69, 9.17) is 9.15 Å². The van der Waals surface area contributed by atoms with Crippen LogP contribution in [-0.2, 0) is 6.42 Å². The molecular formula is C14H14N2O2S. The molecule has 19 heavy (non-hydrogen) atoms. The third-order valence-corrected chi connectivity index (χ3v) is 3.08. The molecule has 0 aliphatic rings. The van der Waals surface area contributed by atoms with E-state index < -0.39 is 0 Å². The number of thioether (sulfide) groups is 1. The molecular weight excluding hydrogens is 260 g/mol. The molecule has 98 valence electrons. The van der Waals surface area contributed by atoms with Crippen LogP contribution in [0.15, 0.2) is 33.9 Å². The molecule has 1 heterocycles. The number of rotatable bonds is 5. The lowest BCUT2D eigenvalue weighted by molar-refractivity contribution is 0.412. The summed E-state index contributed by atoms with van der Waals surface area (Å²) in [5.41, 5.74) is 1.08. The van der Waals surface area contributed by atoms with Crippen LogP contribution in [0.2, 0.25) is 0 Å². The Morgan fingerprint density at radius 3 is 3.05 bits per heavy atom. The van der Waals surface area contributed by atoms with E-state index in [-0.39, 0.29) is 0 Å². The van der Waals surface area contributed by atoms with Crippen LogP contribution in [0.4, 0.5) is 0 Å². The standard InChI is InChI=1S/C14H14N2O2S/c1-3-4-8-19-14-16-15-13(18-14)10-11-6-5-7-12(9-11)17-2/h5-7,9H,8,10H2,1-2H3. The van der Waals surface area contributed by atoms with Crippen molar-refractivity contribution >= 4 is 11.8 Å². The number of nitrogens with zero attached hydrogens (tertiary/aromatic N) is 2. The van der Waals surface area contributed by atoms with Crippen molar-refractivity contribution in [3.05, 3.63) is 35.7 Å². The minimum atomic E-state index is 0.556. The summed E-state index contributed by atoms with van der Waals surface area (Å²) in [6.45, 7) is 1.81. The van der Waals surface area contributed by atoms with Crippen molar-refractivity contribution in [3.8, 4) is 17.6 Å². The summed E-state index contributed by atoms with van der Waals surface area (Å²) in [6.07, 6.45) is 0.601. The minimum Gasteiger partial charge on any atom is -0.497 e. The smallest absolute Gasteiger partial charge is 0.277 e. The van der Waals surface area contributed by atoms with Crippen LogP contribution in [0, 0.1) is 11.8 Å². The summed E-state index contributed by atoms with van der Waals surface area (Å²) in [6, 6.07) is 7.81. The third-order valence-electron chi connectivity index (χ3n) is 2.38. The van der Waals surface area contributed by atoms with Crippen LogP contribution in [0.5, 0.6) is 5.75 Å². The molecule has 2 aromatic rings. The van der Waals surface area contributed by atoms with Crippen molar-refractivity contribution < 1.29 is 9.15 Å². The average molecular weight is 274 g/mol. The Morgan fingerprint density at radius 2 is 2.26 bits per heavy atom. The lowest BCUT2D eigenvalue weighted by Gasteiger charge is -2.01. The lowest BCUT2D eigenvalue weighted by Crippen LogP contribution is -1.90. The molecule has 0 aliphatic carbocycles. The van der Waals surface area contributed by atoms with E-state index >= 15 is 0 Å². The maximum absolute atomic E-state index is 5.54. The van der Waals surface area contributed by atoms with Gasteiger partial charge in [0.05, 0.1) is 19.3 Å². The van der Waals surface area contributed by atoms with Gasteiger partial charge in [-0.05, 0) is 24.6 Å². The van der Waals surface area contributed by atoms with E-state index in [0.29, 0.717) is 23.3 Å². The number of methoxy groups -OCH3 is 1. The molecule has 1 aromatic carbocycles. The Labute approximate surface area is 116 Å². The van der Waals surface area contributed by atoms with Crippen LogP contribution < -0.4 is 4.74 Å². The predicted octanol–water partition coefficient (Wildman–Crippen LogP) is 2.78. The SMILES string of the molecule is CC#CCSc1nnc(Cc2cccc(OC)c2)o1. The maximum Gasteiger partial charge on any atom is 0.277 e. The summed E-state index contributed by atoms with van der Waals surface area (Å²) in [5.74, 6) is 7.85. The van der Waals surface area contributed by atoms with E-state index in [1.54, 1.807) is 7.11 Å². The van der Waals surface area contributed by atoms with Gasteiger partial charge in [0.25, 0.3) is 5.22 Å². The molecule has 0 saturated carbocycles. The first-order chi connectivity index (χ1) is 9.31. The fourth-order valence-electron chi connectivity index (χ4n) is 1.50. The number of hydrogen-bond acceptors (Lipinski definition) is 5. The highest BCUT2D eigenvalue weighted by Gasteiger charge is 2.07. The van der Waals surface area contributed by atoms with E-state index in [2.05, 4.69) is 22.0 Å². The highest BCUT2D eigenvalue weighted by atomic mass is 32.2. The first-order valence-corrected chi connectivity index (χ1v) is 6.78. The average Bonchev–Trinajstić information content (AvgIpc) is 2.87. The molecule has 0 radical (unpaired) electrons. The molecule has 0 atom stereocenters. The van der Waals surface area contributed by atoms with Crippen molar-refractivity contribution in [2.75, 3.05) is 12.9 Å². The molecule has 0 aliphatic heterocycles. The largest absolute Gasteiger partial charge is 0.497 e. The molecule has 0 fully saturated rings. The van der Waals surface area contributed by atoms with Crippen molar-refractivity contribution in [2.45, 2.75) is 18.6 Å². The minimum absolute atomic E-state index is 0.556. The normalized spacial score (nSPS) is 9.79. The van der Waals surface area contributed by atoms with Gasteiger partial charge < -0.3 is 9.15 Å². The van der Waals surface area contributed by atoms with Gasteiger partial charge >= 0.3 is 0 Å². The summed E-state index contributed by atoms with van der Waals surface area (Å²) in [4.78, 5) is 0. The second-order valence-corrected chi connectivity index (χ2v) is 4.63. The van der Waals surface area contributed by atoms with E-state index in [1.807, 2.05) is 31.2 Å². The van der Waals surface area contributed by atoms with Crippen molar-refractivity contribution in [3.63, 3.8) is 0 Å². The first kappa shape index (κ1) is 13.5. The number of benzene rings is 1. The van der Waals surface area contributed by atoms with Crippen LogP contribution in [0.1, 0.15) is 18.4 Å². The second kappa shape index (κ2) is 6.86. The van der Waals surface area contributed by atoms with E-state index in [0.717, 1.165) is 11.3 Å². The number of ether oxygens (including phenoxy) is 1. The predicted molar refractivity (Wildman–Crippen MR) is 74.3 cm³/mol. The molecule has 2 rings (SSSR count). The van der Waals surface area contributed by atoms with Gasteiger partial charge in [-0.3, -0.25) is 0 Å². The molecule has 0 amide bonds. The van der Waals surface area contributed by atoms with Crippen LogP contribution >= 0.6 is 11.8 Å². The molecule has 1 aromatic heterocycles. The molecule has 0 N–H and O–H groups in total. The number of aromatic nitrogens is 2. The number of hydrogen-bond donors (Lipinski definition) is 0. The zero-order valence-electron chi connectivity index (χ0n) is 10.8. The maximum atomic E-state index is 5.54. The molecule has 0 saturated heterocycles. The Bertz CT molecular complexity index is 599. The topological polar surface area (TPSA) is 48.2 Å². The third kappa shape index (κ3) is 4.04. The zero-order chi connectivity index (χ0) is 13.5. The van der Waals surface area contributed by atoms with Gasteiger partial charge in [0.2, 0.25) is 5.89 Å². The van der Waals surface area contributed by atoms with Gasteiger partial charge in [0.15, 0.2) is 0 Å². The Morgan fingerprint density at radius 1 is 1.37 bits per heavy atom. The van der Waals surface area contributed by atoms with Gasteiger partial charge in [-0.15, -0.1) is 16.1 Å². The van der Waals surface area contributed by atoms with Gasteiger partial charge in [0, 0.05) is 0 Å². The monoisotopic (exact) mass is 274 g/mol.